The molecule has 0 bridgehead atoms. The highest BCUT2D eigenvalue weighted by Gasteiger charge is 2.38. The molecule has 158 valence electrons. The molecule has 0 unspecified atom stereocenters. The monoisotopic (exact) mass is 441 g/mol. The standard InChI is InChI=1S/C20H24ClNO6S/c1-4-27-19(26)15-13-8-20(2,3)28-9-14(13)29-17(15)22-16(23)12-7-10(21)5-6-11(12)18(24)25/h5,11-12H,4,6-9H2,1-3H3,(H,22,23)(H,24,25)/t11-,12+/m0/s1. The van der Waals surface area contributed by atoms with E-state index in [0.717, 1.165) is 10.4 Å². The van der Waals surface area contributed by atoms with E-state index in [1.807, 2.05) is 13.8 Å². The average Bonchev–Trinajstić information content (AvgIpc) is 2.97. The van der Waals surface area contributed by atoms with Crippen molar-refractivity contribution in [3.05, 3.63) is 27.1 Å². The van der Waals surface area contributed by atoms with Crippen molar-refractivity contribution in [2.45, 2.75) is 52.2 Å². The summed E-state index contributed by atoms with van der Waals surface area (Å²) in [4.78, 5) is 38.1. The SMILES string of the molecule is CCOC(=O)c1c(NC(=O)[C@@H]2CC(Cl)=CC[C@@H]2C(=O)O)sc2c1CC(C)(C)OC2. The van der Waals surface area contributed by atoms with E-state index in [4.69, 9.17) is 21.1 Å². The van der Waals surface area contributed by atoms with Gasteiger partial charge < -0.3 is 19.9 Å². The number of aliphatic carboxylic acids is 1. The maximum absolute atomic E-state index is 13.0. The molecule has 2 aliphatic rings. The van der Waals surface area contributed by atoms with Crippen LogP contribution in [0.4, 0.5) is 5.00 Å². The molecule has 1 aliphatic carbocycles. The van der Waals surface area contributed by atoms with Gasteiger partial charge in [0.05, 0.1) is 36.2 Å². The summed E-state index contributed by atoms with van der Waals surface area (Å²) < 4.78 is 11.0. The van der Waals surface area contributed by atoms with Crippen LogP contribution in [0.5, 0.6) is 0 Å². The number of amides is 1. The molecule has 0 radical (unpaired) electrons. The predicted octanol–water partition coefficient (Wildman–Crippen LogP) is 3.95. The highest BCUT2D eigenvalue weighted by Crippen LogP contribution is 2.42. The van der Waals surface area contributed by atoms with Crippen LogP contribution in [0.25, 0.3) is 0 Å². The first-order valence-corrected chi connectivity index (χ1v) is 10.7. The molecule has 1 aliphatic heterocycles. The molecule has 1 aromatic rings. The minimum atomic E-state index is -1.04. The van der Waals surface area contributed by atoms with Gasteiger partial charge in [-0.3, -0.25) is 9.59 Å². The van der Waals surface area contributed by atoms with Gasteiger partial charge in [-0.05, 0) is 39.2 Å². The van der Waals surface area contributed by atoms with Gasteiger partial charge in [0.2, 0.25) is 5.91 Å². The highest BCUT2D eigenvalue weighted by molar-refractivity contribution is 7.17. The molecular weight excluding hydrogens is 418 g/mol. The molecule has 29 heavy (non-hydrogen) atoms. The molecule has 1 amide bonds. The summed E-state index contributed by atoms with van der Waals surface area (Å²) in [6, 6.07) is 0. The number of carboxylic acid groups (broad SMARTS) is 1. The zero-order valence-electron chi connectivity index (χ0n) is 16.5. The fraction of sp³-hybridized carbons (Fsp3) is 0.550. The zero-order valence-corrected chi connectivity index (χ0v) is 18.1. The number of fused-ring (bicyclic) bond motifs is 1. The maximum Gasteiger partial charge on any atom is 0.341 e. The van der Waals surface area contributed by atoms with Gasteiger partial charge in [0.1, 0.15) is 5.00 Å². The molecule has 0 spiro atoms. The van der Waals surface area contributed by atoms with E-state index < -0.39 is 35.3 Å². The van der Waals surface area contributed by atoms with Gasteiger partial charge in [0.25, 0.3) is 0 Å². The third kappa shape index (κ3) is 4.65. The van der Waals surface area contributed by atoms with Crippen molar-refractivity contribution in [3.8, 4) is 0 Å². The molecule has 1 aromatic heterocycles. The van der Waals surface area contributed by atoms with Crippen LogP contribution in [0, 0.1) is 11.8 Å². The van der Waals surface area contributed by atoms with Gasteiger partial charge >= 0.3 is 11.9 Å². The fourth-order valence-corrected chi connectivity index (χ4v) is 5.05. The predicted molar refractivity (Wildman–Crippen MR) is 109 cm³/mol. The third-order valence-corrected chi connectivity index (χ3v) is 6.58. The second kappa shape index (κ2) is 8.45. The highest BCUT2D eigenvalue weighted by atomic mass is 35.5. The van der Waals surface area contributed by atoms with E-state index in [0.29, 0.717) is 28.6 Å². The Balaban J connectivity index is 1.93. The molecular formula is C20H24ClNO6S. The molecule has 3 rings (SSSR count). The number of hydrogen-bond donors (Lipinski definition) is 2. The molecule has 7 nitrogen and oxygen atoms in total. The Morgan fingerprint density at radius 1 is 1.38 bits per heavy atom. The van der Waals surface area contributed by atoms with Crippen LogP contribution in [0.15, 0.2) is 11.1 Å². The molecule has 0 saturated carbocycles. The van der Waals surface area contributed by atoms with Gasteiger partial charge in [-0.1, -0.05) is 17.7 Å². The molecule has 2 N–H and O–H groups in total. The van der Waals surface area contributed by atoms with E-state index in [-0.39, 0.29) is 19.4 Å². The number of ether oxygens (including phenoxy) is 2. The molecule has 2 atom stereocenters. The lowest BCUT2D eigenvalue weighted by atomic mass is 9.82. The van der Waals surface area contributed by atoms with E-state index >= 15 is 0 Å². The fourth-order valence-electron chi connectivity index (χ4n) is 3.67. The quantitative estimate of drug-likeness (QED) is 0.671. The average molecular weight is 442 g/mol. The Bertz CT molecular complexity index is 875. The Morgan fingerprint density at radius 3 is 2.76 bits per heavy atom. The topological polar surface area (TPSA) is 102 Å². The molecule has 9 heteroatoms. The van der Waals surface area contributed by atoms with Crippen LogP contribution in [-0.2, 0) is 32.1 Å². The minimum Gasteiger partial charge on any atom is -0.481 e. The number of anilines is 1. The number of allylic oxidation sites excluding steroid dienone is 2. The Kier molecular flexibility index (Phi) is 6.36. The summed E-state index contributed by atoms with van der Waals surface area (Å²) >= 11 is 7.33. The van der Waals surface area contributed by atoms with E-state index in [1.165, 1.54) is 11.3 Å². The largest absolute Gasteiger partial charge is 0.481 e. The van der Waals surface area contributed by atoms with Gasteiger partial charge in [0.15, 0.2) is 0 Å². The van der Waals surface area contributed by atoms with Crippen molar-refractivity contribution in [1.29, 1.82) is 0 Å². The number of carbonyl (C=O) groups excluding carboxylic acids is 2. The van der Waals surface area contributed by atoms with Gasteiger partial charge in [-0.15, -0.1) is 11.3 Å². The second-order valence-corrected chi connectivity index (χ2v) is 9.38. The van der Waals surface area contributed by atoms with Crippen molar-refractivity contribution >= 4 is 45.8 Å². The second-order valence-electron chi connectivity index (χ2n) is 7.78. The van der Waals surface area contributed by atoms with E-state index in [2.05, 4.69) is 5.32 Å². The number of halogens is 1. The van der Waals surface area contributed by atoms with Gasteiger partial charge in [-0.2, -0.15) is 0 Å². The van der Waals surface area contributed by atoms with Gasteiger partial charge in [0, 0.05) is 16.3 Å². The van der Waals surface area contributed by atoms with Crippen molar-refractivity contribution in [1.82, 2.24) is 0 Å². The van der Waals surface area contributed by atoms with E-state index in [9.17, 15) is 19.5 Å². The summed E-state index contributed by atoms with van der Waals surface area (Å²) in [5.74, 6) is -3.69. The van der Waals surface area contributed by atoms with Crippen molar-refractivity contribution in [2.75, 3.05) is 11.9 Å². The third-order valence-electron chi connectivity index (χ3n) is 5.15. The molecule has 0 aromatic carbocycles. The lowest BCUT2D eigenvalue weighted by Crippen LogP contribution is -2.35. The Hall–Kier alpha value is -1.90. The van der Waals surface area contributed by atoms with Crippen LogP contribution in [0.2, 0.25) is 0 Å². The lowest BCUT2D eigenvalue weighted by Gasteiger charge is -2.30. The van der Waals surface area contributed by atoms with Crippen LogP contribution in [-0.4, -0.2) is 35.2 Å². The maximum atomic E-state index is 13.0. The van der Waals surface area contributed by atoms with Crippen molar-refractivity contribution < 1.29 is 29.0 Å². The summed E-state index contributed by atoms with van der Waals surface area (Å²) in [6.07, 6.45) is 2.50. The summed E-state index contributed by atoms with van der Waals surface area (Å²) in [5.41, 5.74) is 0.712. The lowest BCUT2D eigenvalue weighted by molar-refractivity contribution is -0.146. The number of carboxylic acids is 1. The molecule has 0 saturated heterocycles. The summed E-state index contributed by atoms with van der Waals surface area (Å²) in [6.45, 7) is 6.14. The number of esters is 1. The first-order chi connectivity index (χ1) is 13.6. The smallest absolute Gasteiger partial charge is 0.341 e. The van der Waals surface area contributed by atoms with Crippen LogP contribution in [0.3, 0.4) is 0 Å². The Labute approximate surface area is 178 Å². The summed E-state index contributed by atoms with van der Waals surface area (Å²) in [5, 5.41) is 13.1. The minimum absolute atomic E-state index is 0.153. The first kappa shape index (κ1) is 21.8. The number of carbonyl (C=O) groups is 3. The van der Waals surface area contributed by atoms with Gasteiger partial charge in [-0.25, -0.2) is 4.79 Å². The van der Waals surface area contributed by atoms with Crippen molar-refractivity contribution in [2.24, 2.45) is 11.8 Å². The summed E-state index contributed by atoms with van der Waals surface area (Å²) in [7, 11) is 0. The Morgan fingerprint density at radius 2 is 2.10 bits per heavy atom. The number of nitrogens with one attached hydrogen (secondary N) is 1. The number of rotatable bonds is 5. The number of hydrogen-bond acceptors (Lipinski definition) is 6. The van der Waals surface area contributed by atoms with Crippen LogP contribution in [0.1, 0.15) is 54.4 Å². The normalized spacial score (nSPS) is 23.0. The first-order valence-electron chi connectivity index (χ1n) is 9.46. The number of thiophene rings is 1. The van der Waals surface area contributed by atoms with Crippen molar-refractivity contribution in [3.63, 3.8) is 0 Å². The van der Waals surface area contributed by atoms with E-state index in [1.54, 1.807) is 13.0 Å². The zero-order chi connectivity index (χ0) is 21.3. The molecule has 0 fully saturated rings. The molecule has 2 heterocycles. The van der Waals surface area contributed by atoms with Crippen LogP contribution >= 0.6 is 22.9 Å². The van der Waals surface area contributed by atoms with Crippen LogP contribution < -0.4 is 5.32 Å².